The van der Waals surface area contributed by atoms with Crippen LogP contribution in [0.1, 0.15) is 34.6 Å². The molecule has 0 bridgehead atoms. The van der Waals surface area contributed by atoms with Crippen LogP contribution in [-0.4, -0.2) is 72.8 Å². The van der Waals surface area contributed by atoms with Gasteiger partial charge in [0.15, 0.2) is 0 Å². The molecule has 4 atom stereocenters. The van der Waals surface area contributed by atoms with Crippen LogP contribution in [0.5, 0.6) is 0 Å². The van der Waals surface area contributed by atoms with Gasteiger partial charge in [0.05, 0.1) is 50.8 Å². The van der Waals surface area contributed by atoms with Crippen LogP contribution in [0, 0.1) is 0 Å². The van der Waals surface area contributed by atoms with Gasteiger partial charge in [-0.15, -0.1) is 0 Å². The van der Waals surface area contributed by atoms with Crippen LogP contribution < -0.4 is 0 Å². The molecule has 3 N–H and O–H groups in total. The highest BCUT2D eigenvalue weighted by molar-refractivity contribution is 4.50. The van der Waals surface area contributed by atoms with Gasteiger partial charge in [0, 0.05) is 6.61 Å². The summed E-state index contributed by atoms with van der Waals surface area (Å²) in [5, 5.41) is 25.7. The third-order valence-corrected chi connectivity index (χ3v) is 2.20. The first-order chi connectivity index (χ1) is 9.37. The molecule has 0 aliphatic rings. The SMILES string of the molecule is CC(O)COC(C)CO.CCOC(C)COC(C)CO. The molecule has 0 aromatic carbocycles. The van der Waals surface area contributed by atoms with Crippen LogP contribution in [0.15, 0.2) is 0 Å². The average molecular weight is 296 g/mol. The Morgan fingerprint density at radius 3 is 1.55 bits per heavy atom. The van der Waals surface area contributed by atoms with Gasteiger partial charge in [-0.3, -0.25) is 0 Å². The second-order valence-corrected chi connectivity index (χ2v) is 4.77. The normalized spacial score (nSPS) is 16.8. The minimum Gasteiger partial charge on any atom is -0.394 e. The minimum atomic E-state index is -0.445. The minimum absolute atomic E-state index is 0.00667. The molecule has 6 nitrogen and oxygen atoms in total. The second kappa shape index (κ2) is 15.2. The molecule has 0 aliphatic carbocycles. The summed E-state index contributed by atoms with van der Waals surface area (Å²) in [6, 6.07) is 0. The van der Waals surface area contributed by atoms with Gasteiger partial charge in [-0.25, -0.2) is 0 Å². The molecule has 0 radical (unpaired) electrons. The molecule has 4 unspecified atom stereocenters. The van der Waals surface area contributed by atoms with E-state index >= 15 is 0 Å². The van der Waals surface area contributed by atoms with Crippen LogP contribution in [-0.2, 0) is 14.2 Å². The predicted molar refractivity (Wildman–Crippen MR) is 77.8 cm³/mol. The Morgan fingerprint density at radius 2 is 1.20 bits per heavy atom. The zero-order valence-electron chi connectivity index (χ0n) is 13.4. The first kappa shape index (κ1) is 22.0. The predicted octanol–water partition coefficient (Wildman–Crippen LogP) is 0.573. The van der Waals surface area contributed by atoms with Gasteiger partial charge in [0.1, 0.15) is 0 Å². The van der Waals surface area contributed by atoms with Crippen LogP contribution in [0.25, 0.3) is 0 Å². The topological polar surface area (TPSA) is 88.4 Å². The lowest BCUT2D eigenvalue weighted by Gasteiger charge is -2.14. The number of ether oxygens (including phenoxy) is 3. The zero-order valence-corrected chi connectivity index (χ0v) is 13.4. The Labute approximate surface area is 122 Å². The summed E-state index contributed by atoms with van der Waals surface area (Å²) in [6.07, 6.45) is -0.578. The van der Waals surface area contributed by atoms with E-state index in [1.54, 1.807) is 13.8 Å². The molecule has 0 saturated carbocycles. The van der Waals surface area contributed by atoms with Gasteiger partial charge in [-0.1, -0.05) is 0 Å². The van der Waals surface area contributed by atoms with E-state index in [1.807, 2.05) is 20.8 Å². The molecule has 20 heavy (non-hydrogen) atoms. The molecule has 0 spiro atoms. The van der Waals surface area contributed by atoms with E-state index < -0.39 is 6.10 Å². The second-order valence-electron chi connectivity index (χ2n) is 4.77. The summed E-state index contributed by atoms with van der Waals surface area (Å²) in [5.41, 5.74) is 0. The van der Waals surface area contributed by atoms with Crippen molar-refractivity contribution in [2.24, 2.45) is 0 Å². The van der Waals surface area contributed by atoms with Gasteiger partial charge >= 0.3 is 0 Å². The number of aliphatic hydroxyl groups is 3. The van der Waals surface area contributed by atoms with Crippen LogP contribution in [0.3, 0.4) is 0 Å². The highest BCUT2D eigenvalue weighted by Gasteiger charge is 2.04. The van der Waals surface area contributed by atoms with Crippen molar-refractivity contribution in [3.05, 3.63) is 0 Å². The Morgan fingerprint density at radius 1 is 0.750 bits per heavy atom. The van der Waals surface area contributed by atoms with E-state index in [1.165, 1.54) is 0 Å². The molecule has 0 heterocycles. The molecule has 0 saturated heterocycles. The van der Waals surface area contributed by atoms with Crippen LogP contribution in [0.2, 0.25) is 0 Å². The maximum absolute atomic E-state index is 8.69. The van der Waals surface area contributed by atoms with Gasteiger partial charge in [0.25, 0.3) is 0 Å². The Kier molecular flexibility index (Phi) is 16.7. The molecular weight excluding hydrogens is 264 g/mol. The molecule has 0 fully saturated rings. The average Bonchev–Trinajstić information content (AvgIpc) is 2.43. The summed E-state index contributed by atoms with van der Waals surface area (Å²) in [7, 11) is 0. The summed E-state index contributed by atoms with van der Waals surface area (Å²) in [6.45, 7) is 10.8. The Balaban J connectivity index is 0. The maximum Gasteiger partial charge on any atom is 0.0780 e. The quantitative estimate of drug-likeness (QED) is 0.546. The van der Waals surface area contributed by atoms with Crippen LogP contribution >= 0.6 is 0 Å². The van der Waals surface area contributed by atoms with Crippen molar-refractivity contribution in [2.75, 3.05) is 33.0 Å². The number of aliphatic hydroxyl groups excluding tert-OH is 3. The molecule has 0 amide bonds. The van der Waals surface area contributed by atoms with E-state index in [-0.39, 0.29) is 31.5 Å². The molecule has 0 aliphatic heterocycles. The van der Waals surface area contributed by atoms with Crippen molar-refractivity contribution in [3.63, 3.8) is 0 Å². The van der Waals surface area contributed by atoms with Crippen molar-refractivity contribution in [2.45, 2.75) is 59.0 Å². The van der Waals surface area contributed by atoms with E-state index in [4.69, 9.17) is 29.5 Å². The summed E-state index contributed by atoms with van der Waals surface area (Å²) >= 11 is 0. The molecule has 0 aromatic rings. The lowest BCUT2D eigenvalue weighted by atomic mass is 10.4. The van der Waals surface area contributed by atoms with Gasteiger partial charge < -0.3 is 29.5 Å². The fourth-order valence-electron chi connectivity index (χ4n) is 1.04. The number of hydrogen-bond donors (Lipinski definition) is 3. The number of rotatable bonds is 10. The first-order valence-corrected chi connectivity index (χ1v) is 7.11. The lowest BCUT2D eigenvalue weighted by Crippen LogP contribution is -2.22. The lowest BCUT2D eigenvalue weighted by molar-refractivity contribution is -0.0424. The molecule has 0 aromatic heterocycles. The van der Waals surface area contributed by atoms with E-state index in [9.17, 15) is 0 Å². The number of hydrogen-bond acceptors (Lipinski definition) is 6. The zero-order chi connectivity index (χ0) is 16.0. The van der Waals surface area contributed by atoms with Gasteiger partial charge in [-0.2, -0.15) is 0 Å². The molecular formula is C14H32O6. The standard InChI is InChI=1S/C8H18O3.C6H14O3/c1-4-10-8(3)6-11-7(2)5-9;1-5(8)4-9-6(2)3-7/h7-9H,4-6H2,1-3H3;5-8H,3-4H2,1-2H3. The highest BCUT2D eigenvalue weighted by Crippen LogP contribution is 1.95. The third kappa shape index (κ3) is 17.8. The summed E-state index contributed by atoms with van der Waals surface area (Å²) < 4.78 is 15.4. The van der Waals surface area contributed by atoms with Crippen molar-refractivity contribution < 1.29 is 29.5 Å². The van der Waals surface area contributed by atoms with Crippen molar-refractivity contribution in [3.8, 4) is 0 Å². The first-order valence-electron chi connectivity index (χ1n) is 7.11. The molecule has 6 heteroatoms. The van der Waals surface area contributed by atoms with Gasteiger partial charge in [-0.05, 0) is 34.6 Å². The van der Waals surface area contributed by atoms with Crippen LogP contribution in [0.4, 0.5) is 0 Å². The van der Waals surface area contributed by atoms with E-state index in [0.29, 0.717) is 19.8 Å². The smallest absolute Gasteiger partial charge is 0.0780 e. The Hall–Kier alpha value is -0.240. The fourth-order valence-corrected chi connectivity index (χ4v) is 1.04. The fraction of sp³-hybridized carbons (Fsp3) is 1.00. The van der Waals surface area contributed by atoms with Crippen molar-refractivity contribution in [1.29, 1.82) is 0 Å². The van der Waals surface area contributed by atoms with Crippen molar-refractivity contribution >= 4 is 0 Å². The maximum atomic E-state index is 8.69. The monoisotopic (exact) mass is 296 g/mol. The molecule has 124 valence electrons. The Bertz CT molecular complexity index is 189. The summed E-state index contributed by atoms with van der Waals surface area (Å²) in [4.78, 5) is 0. The van der Waals surface area contributed by atoms with E-state index in [2.05, 4.69) is 0 Å². The highest BCUT2D eigenvalue weighted by atomic mass is 16.5. The summed E-state index contributed by atoms with van der Waals surface area (Å²) in [5.74, 6) is 0. The van der Waals surface area contributed by atoms with Crippen molar-refractivity contribution in [1.82, 2.24) is 0 Å². The third-order valence-electron chi connectivity index (χ3n) is 2.20. The largest absolute Gasteiger partial charge is 0.394 e. The van der Waals surface area contributed by atoms with E-state index in [0.717, 1.165) is 0 Å². The van der Waals surface area contributed by atoms with Gasteiger partial charge in [0.2, 0.25) is 0 Å². The molecule has 0 rings (SSSR count).